The molecular weight excluding hydrogens is 166 g/mol. The highest BCUT2D eigenvalue weighted by Gasteiger charge is 2.31. The zero-order valence-electron chi connectivity index (χ0n) is 8.11. The van der Waals surface area contributed by atoms with E-state index in [4.69, 9.17) is 5.53 Å². The average Bonchev–Trinajstić information content (AvgIpc) is 2.16. The van der Waals surface area contributed by atoms with Crippen molar-refractivity contribution in [3.8, 4) is 0 Å². The van der Waals surface area contributed by atoms with Crippen LogP contribution in [0.2, 0.25) is 0 Å². The monoisotopic (exact) mass is 183 g/mol. The average molecular weight is 183 g/mol. The fraction of sp³-hybridized carbons (Fsp3) is 1.00. The lowest BCUT2D eigenvalue weighted by molar-refractivity contribution is -0.00796. The number of azide groups is 1. The molecule has 0 spiro atoms. The van der Waals surface area contributed by atoms with Crippen LogP contribution in [-0.4, -0.2) is 17.3 Å². The van der Waals surface area contributed by atoms with Gasteiger partial charge in [-0.05, 0) is 31.2 Å². The molecule has 1 fully saturated rings. The Morgan fingerprint density at radius 1 is 1.46 bits per heavy atom. The van der Waals surface area contributed by atoms with Gasteiger partial charge in [-0.1, -0.05) is 24.4 Å². The molecule has 0 saturated heterocycles. The van der Waals surface area contributed by atoms with E-state index in [-0.39, 0.29) is 6.54 Å². The van der Waals surface area contributed by atoms with E-state index < -0.39 is 5.60 Å². The third-order valence-corrected chi connectivity index (χ3v) is 2.94. The van der Waals surface area contributed by atoms with Gasteiger partial charge in [0.1, 0.15) is 0 Å². The number of hydrogen-bond acceptors (Lipinski definition) is 2. The van der Waals surface area contributed by atoms with E-state index >= 15 is 0 Å². The molecule has 0 radical (unpaired) electrons. The second-order valence-corrected chi connectivity index (χ2v) is 4.08. The summed E-state index contributed by atoms with van der Waals surface area (Å²) in [7, 11) is 0. The normalized spacial score (nSPS) is 23.2. The van der Waals surface area contributed by atoms with Crippen LogP contribution in [0.1, 0.15) is 39.0 Å². The van der Waals surface area contributed by atoms with E-state index in [1.807, 2.05) is 0 Å². The smallest absolute Gasteiger partial charge is 0.0704 e. The van der Waals surface area contributed by atoms with E-state index in [0.717, 1.165) is 12.8 Å². The Kier molecular flexibility index (Phi) is 3.58. The highest BCUT2D eigenvalue weighted by molar-refractivity contribution is 4.86. The lowest BCUT2D eigenvalue weighted by Crippen LogP contribution is -2.38. The van der Waals surface area contributed by atoms with Gasteiger partial charge in [-0.15, -0.1) is 0 Å². The molecule has 1 N–H and O–H groups in total. The molecule has 0 bridgehead atoms. The number of aliphatic hydroxyl groups is 1. The van der Waals surface area contributed by atoms with E-state index in [0.29, 0.717) is 5.92 Å². The third kappa shape index (κ3) is 2.90. The van der Waals surface area contributed by atoms with Crippen molar-refractivity contribution in [2.45, 2.75) is 44.6 Å². The van der Waals surface area contributed by atoms with Crippen molar-refractivity contribution in [1.29, 1.82) is 0 Å². The van der Waals surface area contributed by atoms with Gasteiger partial charge in [0.2, 0.25) is 0 Å². The summed E-state index contributed by atoms with van der Waals surface area (Å²) in [4.78, 5) is 2.68. The predicted octanol–water partition coefficient (Wildman–Crippen LogP) is 2.63. The van der Waals surface area contributed by atoms with Crippen LogP contribution in [-0.2, 0) is 0 Å². The number of hydrogen-bond donors (Lipinski definition) is 1. The minimum absolute atomic E-state index is 0.203. The summed E-state index contributed by atoms with van der Waals surface area (Å²) in [5.74, 6) is 0.312. The molecule has 0 heterocycles. The molecule has 0 unspecified atom stereocenters. The predicted molar refractivity (Wildman–Crippen MR) is 51.2 cm³/mol. The van der Waals surface area contributed by atoms with Crippen LogP contribution in [0, 0.1) is 5.92 Å². The van der Waals surface area contributed by atoms with Crippen LogP contribution in [0.25, 0.3) is 10.4 Å². The lowest BCUT2D eigenvalue weighted by atomic mass is 9.78. The molecule has 1 aliphatic rings. The first kappa shape index (κ1) is 10.4. The summed E-state index contributed by atoms with van der Waals surface area (Å²) < 4.78 is 0. The maximum Gasteiger partial charge on any atom is 0.0704 e. The number of nitrogens with zero attached hydrogens (tertiary/aromatic N) is 3. The topological polar surface area (TPSA) is 69.0 Å². The van der Waals surface area contributed by atoms with E-state index in [9.17, 15) is 5.11 Å². The minimum Gasteiger partial charge on any atom is -0.390 e. The molecule has 1 rings (SSSR count). The Hall–Kier alpha value is -0.730. The summed E-state index contributed by atoms with van der Waals surface area (Å²) >= 11 is 0. The summed E-state index contributed by atoms with van der Waals surface area (Å²) in [6, 6.07) is 0. The van der Waals surface area contributed by atoms with Crippen molar-refractivity contribution in [2.24, 2.45) is 11.0 Å². The zero-order valence-corrected chi connectivity index (χ0v) is 8.11. The summed E-state index contributed by atoms with van der Waals surface area (Å²) in [6.45, 7) is 1.98. The van der Waals surface area contributed by atoms with Crippen LogP contribution in [0.5, 0.6) is 0 Å². The fourth-order valence-corrected chi connectivity index (χ4v) is 2.03. The third-order valence-electron chi connectivity index (χ3n) is 2.94. The van der Waals surface area contributed by atoms with Gasteiger partial charge < -0.3 is 5.11 Å². The Labute approximate surface area is 78.6 Å². The van der Waals surface area contributed by atoms with Gasteiger partial charge in [-0.3, -0.25) is 0 Å². The van der Waals surface area contributed by atoms with E-state index in [1.165, 1.54) is 19.3 Å². The van der Waals surface area contributed by atoms with Crippen LogP contribution in [0.4, 0.5) is 0 Å². The Morgan fingerprint density at radius 2 is 2.08 bits per heavy atom. The first-order valence-corrected chi connectivity index (χ1v) is 4.90. The van der Waals surface area contributed by atoms with Gasteiger partial charge >= 0.3 is 0 Å². The molecule has 0 aliphatic heterocycles. The van der Waals surface area contributed by atoms with Gasteiger partial charge in [0, 0.05) is 4.91 Å². The fourth-order valence-electron chi connectivity index (χ4n) is 2.03. The highest BCUT2D eigenvalue weighted by atomic mass is 16.3. The van der Waals surface area contributed by atoms with Crippen LogP contribution in [0.15, 0.2) is 5.11 Å². The second-order valence-electron chi connectivity index (χ2n) is 4.08. The van der Waals surface area contributed by atoms with Crippen LogP contribution in [0.3, 0.4) is 0 Å². The van der Waals surface area contributed by atoms with Crippen molar-refractivity contribution >= 4 is 0 Å². The Bertz CT molecular complexity index is 203. The van der Waals surface area contributed by atoms with E-state index in [1.54, 1.807) is 6.92 Å². The Balaban J connectivity index is 2.50. The van der Waals surface area contributed by atoms with Gasteiger partial charge in [0.15, 0.2) is 0 Å². The molecule has 4 nitrogen and oxygen atoms in total. The molecule has 4 heteroatoms. The first-order valence-electron chi connectivity index (χ1n) is 4.90. The maximum atomic E-state index is 10.0. The lowest BCUT2D eigenvalue weighted by Gasteiger charge is -2.34. The van der Waals surface area contributed by atoms with Gasteiger partial charge in [0.05, 0.1) is 12.1 Å². The van der Waals surface area contributed by atoms with E-state index in [2.05, 4.69) is 10.0 Å². The van der Waals surface area contributed by atoms with Crippen molar-refractivity contribution in [1.82, 2.24) is 0 Å². The number of rotatable bonds is 3. The van der Waals surface area contributed by atoms with Gasteiger partial charge in [-0.2, -0.15) is 0 Å². The molecule has 1 aliphatic carbocycles. The molecule has 1 saturated carbocycles. The first-order chi connectivity index (χ1) is 6.17. The van der Waals surface area contributed by atoms with Crippen molar-refractivity contribution in [3.63, 3.8) is 0 Å². The molecule has 1 atom stereocenters. The Morgan fingerprint density at radius 3 is 2.62 bits per heavy atom. The van der Waals surface area contributed by atoms with Crippen molar-refractivity contribution in [3.05, 3.63) is 10.4 Å². The summed E-state index contributed by atoms with van der Waals surface area (Å²) in [6.07, 6.45) is 5.78. The molecule has 0 aromatic rings. The van der Waals surface area contributed by atoms with Crippen molar-refractivity contribution in [2.75, 3.05) is 6.54 Å². The maximum absolute atomic E-state index is 10.0. The molecule has 74 valence electrons. The molecule has 0 aromatic carbocycles. The van der Waals surface area contributed by atoms with Crippen molar-refractivity contribution < 1.29 is 5.11 Å². The van der Waals surface area contributed by atoms with Gasteiger partial charge in [0.25, 0.3) is 0 Å². The second kappa shape index (κ2) is 4.49. The minimum atomic E-state index is -0.799. The molecule has 0 amide bonds. The molecule has 13 heavy (non-hydrogen) atoms. The SMILES string of the molecule is C[C@](O)(CN=[N+]=[N-])C1CCCCC1. The standard InChI is InChI=1S/C9H17N3O/c1-9(13,7-11-12-10)8-5-3-2-4-6-8/h8,13H,2-7H2,1H3/t9-/m0/s1. The molecule has 0 aromatic heterocycles. The highest BCUT2D eigenvalue weighted by Crippen LogP contribution is 2.32. The molecular formula is C9H17N3O. The largest absolute Gasteiger partial charge is 0.390 e. The van der Waals surface area contributed by atoms with Crippen LogP contribution < -0.4 is 0 Å². The quantitative estimate of drug-likeness (QED) is 0.408. The zero-order chi connectivity index (χ0) is 9.73. The summed E-state index contributed by atoms with van der Waals surface area (Å²) in [5, 5.41) is 13.5. The summed E-state index contributed by atoms with van der Waals surface area (Å²) in [5.41, 5.74) is 7.38. The van der Waals surface area contributed by atoms with Crippen LogP contribution >= 0.6 is 0 Å². The van der Waals surface area contributed by atoms with Gasteiger partial charge in [-0.25, -0.2) is 0 Å².